The maximum atomic E-state index is 12.2. The molecule has 0 spiro atoms. The fraction of sp³-hybridized carbons (Fsp3) is 0.240. The third-order valence-corrected chi connectivity index (χ3v) is 5.32. The number of anilines is 2. The van der Waals surface area contributed by atoms with Gasteiger partial charge in [-0.15, -0.1) is 24.0 Å². The summed E-state index contributed by atoms with van der Waals surface area (Å²) in [6, 6.07) is 18.7. The molecule has 1 aliphatic rings. The highest BCUT2D eigenvalue weighted by atomic mass is 127. The number of fused-ring (bicyclic) bond motifs is 1. The molecule has 3 aromatic rings. The number of nitrogens with zero attached hydrogens (tertiary/aromatic N) is 1. The van der Waals surface area contributed by atoms with Crippen LogP contribution in [0.25, 0.3) is 0 Å². The van der Waals surface area contributed by atoms with Gasteiger partial charge in [0.15, 0.2) is 11.7 Å². The molecule has 0 saturated heterocycles. The number of rotatable bonds is 7. The maximum Gasteiger partial charge on any atom is 0.291 e. The predicted octanol–water partition coefficient (Wildman–Crippen LogP) is 4.33. The number of furan rings is 1. The first kappa shape index (κ1) is 25.3. The lowest BCUT2D eigenvalue weighted by Gasteiger charge is -2.26. The zero-order valence-electron chi connectivity index (χ0n) is 18.8. The maximum absolute atomic E-state index is 12.2. The average Bonchev–Trinajstić information content (AvgIpc) is 3.36. The molecule has 1 atom stereocenters. The van der Waals surface area contributed by atoms with Gasteiger partial charge in [-0.3, -0.25) is 9.59 Å². The third kappa shape index (κ3) is 6.60. The van der Waals surface area contributed by atoms with Gasteiger partial charge in [0.25, 0.3) is 5.91 Å². The monoisotopic (exact) mass is 573 g/mol. The summed E-state index contributed by atoms with van der Waals surface area (Å²) in [6.07, 6.45) is 1.90. The minimum absolute atomic E-state index is 0. The molecular weight excluding hydrogens is 545 g/mol. The number of guanidine groups is 1. The smallest absolute Gasteiger partial charge is 0.291 e. The van der Waals surface area contributed by atoms with Crippen molar-refractivity contribution in [3.05, 3.63) is 83.8 Å². The molecule has 2 amide bonds. The van der Waals surface area contributed by atoms with E-state index in [1.807, 2.05) is 55.5 Å². The molecular formula is C25H28IN5O3. The van der Waals surface area contributed by atoms with Crippen LogP contribution in [0.2, 0.25) is 0 Å². The third-order valence-electron chi connectivity index (χ3n) is 5.32. The van der Waals surface area contributed by atoms with Crippen molar-refractivity contribution in [3.63, 3.8) is 0 Å². The lowest BCUT2D eigenvalue weighted by Crippen LogP contribution is -2.40. The number of para-hydroxylation sites is 1. The molecule has 1 aliphatic heterocycles. The van der Waals surface area contributed by atoms with Crippen molar-refractivity contribution in [1.82, 2.24) is 10.6 Å². The van der Waals surface area contributed by atoms with Gasteiger partial charge >= 0.3 is 0 Å². The Balaban J connectivity index is 0.00000324. The molecule has 2 aromatic carbocycles. The molecule has 1 unspecified atom stereocenters. The van der Waals surface area contributed by atoms with Crippen molar-refractivity contribution in [2.24, 2.45) is 4.99 Å². The molecule has 2 heterocycles. The first-order chi connectivity index (χ1) is 16.1. The number of aliphatic imine (C=N–C) groups is 1. The van der Waals surface area contributed by atoms with Crippen LogP contribution < -0.4 is 21.3 Å². The zero-order chi connectivity index (χ0) is 23.0. The van der Waals surface area contributed by atoms with Crippen LogP contribution in [0.1, 0.15) is 40.9 Å². The Labute approximate surface area is 215 Å². The fourth-order valence-electron chi connectivity index (χ4n) is 3.76. The van der Waals surface area contributed by atoms with Crippen LogP contribution >= 0.6 is 24.0 Å². The molecule has 4 rings (SSSR count). The molecule has 0 bridgehead atoms. The van der Waals surface area contributed by atoms with Crippen molar-refractivity contribution in [2.45, 2.75) is 25.8 Å². The fourth-order valence-corrected chi connectivity index (χ4v) is 3.76. The number of hydrogen-bond donors (Lipinski definition) is 4. The normalized spacial score (nSPS) is 14.9. The molecule has 34 heavy (non-hydrogen) atoms. The Hall–Kier alpha value is -3.34. The van der Waals surface area contributed by atoms with Crippen LogP contribution in [0.5, 0.6) is 0 Å². The lowest BCUT2D eigenvalue weighted by atomic mass is 9.90. The highest BCUT2D eigenvalue weighted by Crippen LogP contribution is 2.31. The van der Waals surface area contributed by atoms with E-state index in [9.17, 15) is 9.59 Å². The largest absolute Gasteiger partial charge is 0.459 e. The number of carbonyl (C=O) groups excluding carboxylic acids is 2. The first-order valence-electron chi connectivity index (χ1n) is 11.0. The van der Waals surface area contributed by atoms with Crippen molar-refractivity contribution in [3.8, 4) is 0 Å². The van der Waals surface area contributed by atoms with E-state index in [2.05, 4.69) is 26.3 Å². The molecule has 1 aromatic heterocycles. The minimum atomic E-state index is -0.299. The van der Waals surface area contributed by atoms with Gasteiger partial charge in [-0.2, -0.15) is 0 Å². The molecule has 0 saturated carbocycles. The number of halogens is 1. The van der Waals surface area contributed by atoms with Crippen LogP contribution in [-0.2, 0) is 11.3 Å². The van der Waals surface area contributed by atoms with Crippen LogP contribution in [0.15, 0.2) is 76.3 Å². The van der Waals surface area contributed by atoms with Gasteiger partial charge in [0.1, 0.15) is 0 Å². The molecule has 0 fully saturated rings. The van der Waals surface area contributed by atoms with Crippen molar-refractivity contribution >= 4 is 53.1 Å². The number of carbonyl (C=O) groups is 2. The summed E-state index contributed by atoms with van der Waals surface area (Å²) in [4.78, 5) is 29.0. The van der Waals surface area contributed by atoms with Crippen LogP contribution in [0.4, 0.5) is 11.4 Å². The molecule has 0 aliphatic carbocycles. The summed E-state index contributed by atoms with van der Waals surface area (Å²) in [7, 11) is 0. The van der Waals surface area contributed by atoms with Crippen molar-refractivity contribution in [2.75, 3.05) is 23.7 Å². The van der Waals surface area contributed by atoms with E-state index in [1.165, 1.54) is 6.26 Å². The Morgan fingerprint density at radius 3 is 2.76 bits per heavy atom. The summed E-state index contributed by atoms with van der Waals surface area (Å²) >= 11 is 0. The van der Waals surface area contributed by atoms with Gasteiger partial charge in [0.05, 0.1) is 12.8 Å². The van der Waals surface area contributed by atoms with E-state index >= 15 is 0 Å². The second-order valence-corrected chi connectivity index (χ2v) is 7.74. The predicted molar refractivity (Wildman–Crippen MR) is 144 cm³/mol. The first-order valence-corrected chi connectivity index (χ1v) is 11.0. The summed E-state index contributed by atoms with van der Waals surface area (Å²) in [5.74, 6) is 0.725. The molecule has 4 N–H and O–H groups in total. The summed E-state index contributed by atoms with van der Waals surface area (Å²) in [5, 5.41) is 12.4. The van der Waals surface area contributed by atoms with Crippen LogP contribution in [0.3, 0.4) is 0 Å². The van der Waals surface area contributed by atoms with Crippen molar-refractivity contribution in [1.29, 1.82) is 0 Å². The van der Waals surface area contributed by atoms with Crippen LogP contribution in [-0.4, -0.2) is 30.9 Å². The van der Waals surface area contributed by atoms with Gasteiger partial charge in [-0.25, -0.2) is 4.99 Å². The second-order valence-electron chi connectivity index (χ2n) is 7.74. The molecule has 9 heteroatoms. The summed E-state index contributed by atoms with van der Waals surface area (Å²) in [5.41, 5.74) is 3.62. The zero-order valence-corrected chi connectivity index (χ0v) is 21.2. The SMILES string of the molecule is CCNC(=NCc1cccc(NC(=O)c2ccco2)c1)NCC1CC(=O)Nc2ccccc21.I. The van der Waals surface area contributed by atoms with E-state index in [-0.39, 0.29) is 47.5 Å². The standard InChI is InChI=1S/C25H27N5O3.HI/c1-2-26-25(28-16-18-14-23(31)30-21-10-4-3-9-20(18)21)27-15-17-7-5-8-19(13-17)29-24(32)22-11-6-12-33-22;/h3-13,18H,2,14-16H2,1H3,(H,29,32)(H,30,31)(H2,26,27,28);1H. The van der Waals surface area contributed by atoms with E-state index < -0.39 is 0 Å². The number of amides is 2. The molecule has 178 valence electrons. The molecule has 0 radical (unpaired) electrons. The van der Waals surface area contributed by atoms with Gasteiger partial charge in [-0.05, 0) is 48.4 Å². The average molecular weight is 573 g/mol. The highest BCUT2D eigenvalue weighted by Gasteiger charge is 2.24. The van der Waals surface area contributed by atoms with Gasteiger partial charge in [0.2, 0.25) is 5.91 Å². The van der Waals surface area contributed by atoms with E-state index in [0.29, 0.717) is 37.7 Å². The van der Waals surface area contributed by atoms with Gasteiger partial charge in [-0.1, -0.05) is 30.3 Å². The Kier molecular flexibility index (Phi) is 9.08. The second kappa shape index (κ2) is 12.2. The Morgan fingerprint density at radius 1 is 1.12 bits per heavy atom. The van der Waals surface area contributed by atoms with Crippen LogP contribution in [0, 0.1) is 0 Å². The quantitative estimate of drug-likeness (QED) is 0.191. The van der Waals surface area contributed by atoms with Crippen molar-refractivity contribution < 1.29 is 14.0 Å². The van der Waals surface area contributed by atoms with Gasteiger partial charge in [0, 0.05) is 36.8 Å². The Morgan fingerprint density at radius 2 is 1.97 bits per heavy atom. The van der Waals surface area contributed by atoms with E-state index in [4.69, 9.17) is 4.42 Å². The highest BCUT2D eigenvalue weighted by molar-refractivity contribution is 14.0. The minimum Gasteiger partial charge on any atom is -0.459 e. The summed E-state index contributed by atoms with van der Waals surface area (Å²) in [6.45, 7) is 3.75. The molecule has 8 nitrogen and oxygen atoms in total. The number of benzene rings is 2. The van der Waals surface area contributed by atoms with E-state index in [1.54, 1.807) is 12.1 Å². The summed E-state index contributed by atoms with van der Waals surface area (Å²) < 4.78 is 5.13. The number of hydrogen-bond acceptors (Lipinski definition) is 4. The lowest BCUT2D eigenvalue weighted by molar-refractivity contribution is -0.116. The number of nitrogens with one attached hydrogen (secondary N) is 4. The Bertz CT molecular complexity index is 1150. The van der Waals surface area contributed by atoms with Gasteiger partial charge < -0.3 is 25.7 Å². The van der Waals surface area contributed by atoms with E-state index in [0.717, 1.165) is 16.8 Å². The topological polar surface area (TPSA) is 108 Å².